The summed E-state index contributed by atoms with van der Waals surface area (Å²) in [6, 6.07) is 1.00. The first-order chi connectivity index (χ1) is 8.91. The highest BCUT2D eigenvalue weighted by Gasteiger charge is 2.47. The second kappa shape index (κ2) is 7.18. The third kappa shape index (κ3) is 4.26. The van der Waals surface area contributed by atoms with E-state index in [1.165, 1.54) is 0 Å². The van der Waals surface area contributed by atoms with Crippen LogP contribution in [0.2, 0.25) is 12.6 Å². The van der Waals surface area contributed by atoms with Crippen molar-refractivity contribution < 1.29 is 18.3 Å². The van der Waals surface area contributed by atoms with Gasteiger partial charge in [0.05, 0.1) is 18.8 Å². The van der Waals surface area contributed by atoms with Gasteiger partial charge in [-0.25, -0.2) is 0 Å². The summed E-state index contributed by atoms with van der Waals surface area (Å²) in [4.78, 5) is 0. The Morgan fingerprint density at radius 3 is 2.47 bits per heavy atom. The highest BCUT2D eigenvalue weighted by Crippen LogP contribution is 2.34. The van der Waals surface area contributed by atoms with Crippen molar-refractivity contribution in [3.8, 4) is 0 Å². The molecular formula is C14H30O4Si. The van der Waals surface area contributed by atoms with Crippen LogP contribution in [0.4, 0.5) is 0 Å². The van der Waals surface area contributed by atoms with Crippen molar-refractivity contribution in [1.29, 1.82) is 0 Å². The number of rotatable bonds is 8. The zero-order chi connectivity index (χ0) is 14.5. The van der Waals surface area contributed by atoms with Crippen molar-refractivity contribution >= 4 is 8.56 Å². The summed E-state index contributed by atoms with van der Waals surface area (Å²) in [5.74, 6) is -0.599. The van der Waals surface area contributed by atoms with E-state index < -0.39 is 14.3 Å². The molecule has 0 N–H and O–H groups in total. The van der Waals surface area contributed by atoms with Gasteiger partial charge in [-0.1, -0.05) is 20.3 Å². The fourth-order valence-electron chi connectivity index (χ4n) is 2.74. The van der Waals surface area contributed by atoms with Crippen LogP contribution in [0.3, 0.4) is 0 Å². The van der Waals surface area contributed by atoms with Crippen molar-refractivity contribution in [3.05, 3.63) is 0 Å². The standard InChI is InChI=1S/C14H30O4Si/c1-7-10-19(6,16-9-3)18-13(5)14(8-2)15-11-12(4)17-14/h12-13H,7-11H2,1-6H3. The molecule has 0 spiro atoms. The van der Waals surface area contributed by atoms with Crippen LogP contribution in [0, 0.1) is 0 Å². The average molecular weight is 290 g/mol. The largest absolute Gasteiger partial charge is 0.395 e. The lowest BCUT2D eigenvalue weighted by Gasteiger charge is -2.38. The molecule has 5 heteroatoms. The highest BCUT2D eigenvalue weighted by molar-refractivity contribution is 6.66. The molecule has 4 unspecified atom stereocenters. The average Bonchev–Trinajstić information content (AvgIpc) is 2.72. The van der Waals surface area contributed by atoms with Crippen LogP contribution in [-0.2, 0) is 18.3 Å². The number of ether oxygens (including phenoxy) is 2. The lowest BCUT2D eigenvalue weighted by molar-refractivity contribution is -0.221. The fourth-order valence-corrected chi connectivity index (χ4v) is 5.52. The van der Waals surface area contributed by atoms with Crippen LogP contribution < -0.4 is 0 Å². The van der Waals surface area contributed by atoms with Crippen molar-refractivity contribution in [3.63, 3.8) is 0 Å². The maximum absolute atomic E-state index is 6.31. The summed E-state index contributed by atoms with van der Waals surface area (Å²) in [6.45, 7) is 13.8. The molecule has 0 saturated carbocycles. The van der Waals surface area contributed by atoms with Crippen LogP contribution in [0.25, 0.3) is 0 Å². The van der Waals surface area contributed by atoms with Gasteiger partial charge in [0.25, 0.3) is 0 Å². The van der Waals surface area contributed by atoms with Crippen LogP contribution in [-0.4, -0.2) is 39.8 Å². The van der Waals surface area contributed by atoms with Crippen molar-refractivity contribution in [2.75, 3.05) is 13.2 Å². The Hall–Kier alpha value is 0.0569. The van der Waals surface area contributed by atoms with Crippen molar-refractivity contribution in [2.24, 2.45) is 0 Å². The second-order valence-electron chi connectivity index (χ2n) is 5.48. The van der Waals surface area contributed by atoms with E-state index in [0.29, 0.717) is 13.2 Å². The van der Waals surface area contributed by atoms with Gasteiger partial charge in [-0.15, -0.1) is 0 Å². The van der Waals surface area contributed by atoms with E-state index in [2.05, 4.69) is 20.4 Å². The molecule has 4 nitrogen and oxygen atoms in total. The van der Waals surface area contributed by atoms with Crippen molar-refractivity contribution in [1.82, 2.24) is 0 Å². The molecule has 0 radical (unpaired) electrons. The van der Waals surface area contributed by atoms with Gasteiger partial charge in [0.2, 0.25) is 0 Å². The maximum Gasteiger partial charge on any atom is 0.335 e. The molecule has 4 atom stereocenters. The molecule has 0 aliphatic carbocycles. The van der Waals surface area contributed by atoms with Gasteiger partial charge in [-0.2, -0.15) is 0 Å². The Balaban J connectivity index is 2.72. The minimum absolute atomic E-state index is 0.0998. The van der Waals surface area contributed by atoms with Crippen LogP contribution in [0.15, 0.2) is 0 Å². The van der Waals surface area contributed by atoms with Crippen molar-refractivity contribution in [2.45, 2.75) is 78.0 Å². The van der Waals surface area contributed by atoms with Gasteiger partial charge in [0.15, 0.2) is 5.79 Å². The summed E-state index contributed by atoms with van der Waals surface area (Å²) in [5, 5.41) is 0. The Bertz CT molecular complexity index is 268. The molecule has 19 heavy (non-hydrogen) atoms. The Morgan fingerprint density at radius 1 is 1.37 bits per heavy atom. The fraction of sp³-hybridized carbons (Fsp3) is 1.00. The summed E-state index contributed by atoms with van der Waals surface area (Å²) < 4.78 is 24.1. The van der Waals surface area contributed by atoms with E-state index >= 15 is 0 Å². The first kappa shape index (κ1) is 17.1. The van der Waals surface area contributed by atoms with Gasteiger partial charge in [0.1, 0.15) is 0 Å². The first-order valence-electron chi connectivity index (χ1n) is 7.55. The molecule has 0 aromatic carbocycles. The predicted octanol–water partition coefficient (Wildman–Crippen LogP) is 3.45. The van der Waals surface area contributed by atoms with Gasteiger partial charge in [-0.3, -0.25) is 0 Å². The normalized spacial score (nSPS) is 32.2. The number of hydrogen-bond donors (Lipinski definition) is 0. The lowest BCUT2D eigenvalue weighted by atomic mass is 10.1. The third-order valence-corrected chi connectivity index (χ3v) is 6.81. The molecule has 1 aliphatic rings. The number of hydrogen-bond acceptors (Lipinski definition) is 4. The monoisotopic (exact) mass is 290 g/mol. The molecule has 1 rings (SSSR count). The zero-order valence-electron chi connectivity index (χ0n) is 13.3. The molecule has 1 fully saturated rings. The minimum Gasteiger partial charge on any atom is -0.395 e. The summed E-state index contributed by atoms with van der Waals surface area (Å²) >= 11 is 0. The van der Waals surface area contributed by atoms with Crippen LogP contribution >= 0.6 is 0 Å². The molecule has 1 heterocycles. The molecule has 0 aromatic rings. The third-order valence-electron chi connectivity index (χ3n) is 3.66. The van der Waals surface area contributed by atoms with Crippen LogP contribution in [0.5, 0.6) is 0 Å². The van der Waals surface area contributed by atoms with E-state index in [0.717, 1.165) is 18.9 Å². The van der Waals surface area contributed by atoms with Crippen LogP contribution in [0.1, 0.15) is 47.5 Å². The summed E-state index contributed by atoms with van der Waals surface area (Å²) in [6.07, 6.45) is 1.91. The first-order valence-corrected chi connectivity index (χ1v) is 10.1. The molecule has 0 amide bonds. The lowest BCUT2D eigenvalue weighted by Crippen LogP contribution is -2.51. The van der Waals surface area contributed by atoms with E-state index in [9.17, 15) is 0 Å². The molecule has 114 valence electrons. The van der Waals surface area contributed by atoms with E-state index in [1.807, 2.05) is 20.8 Å². The quantitative estimate of drug-likeness (QED) is 0.642. The van der Waals surface area contributed by atoms with Gasteiger partial charge < -0.3 is 18.3 Å². The van der Waals surface area contributed by atoms with E-state index in [4.69, 9.17) is 18.3 Å². The molecule has 1 saturated heterocycles. The SMILES string of the molecule is CCC[Si](C)(OCC)OC(C)C1(CC)OCC(C)O1. The smallest absolute Gasteiger partial charge is 0.335 e. The zero-order valence-corrected chi connectivity index (χ0v) is 14.3. The Kier molecular flexibility index (Phi) is 6.46. The molecule has 0 aromatic heterocycles. The van der Waals surface area contributed by atoms with Gasteiger partial charge in [0, 0.05) is 13.0 Å². The van der Waals surface area contributed by atoms with Gasteiger partial charge >= 0.3 is 8.56 Å². The van der Waals surface area contributed by atoms with E-state index in [1.54, 1.807) is 0 Å². The summed E-state index contributed by atoms with van der Waals surface area (Å²) in [7, 11) is -2.13. The Labute approximate surface area is 119 Å². The predicted molar refractivity (Wildman–Crippen MR) is 78.4 cm³/mol. The Morgan fingerprint density at radius 2 is 2.05 bits per heavy atom. The minimum atomic E-state index is -2.13. The second-order valence-corrected chi connectivity index (χ2v) is 8.77. The topological polar surface area (TPSA) is 36.9 Å². The molecule has 1 aliphatic heterocycles. The summed E-state index contributed by atoms with van der Waals surface area (Å²) in [5.41, 5.74) is 0. The maximum atomic E-state index is 6.31. The molecular weight excluding hydrogens is 260 g/mol. The molecule has 0 bridgehead atoms. The van der Waals surface area contributed by atoms with Gasteiger partial charge in [-0.05, 0) is 33.4 Å². The van der Waals surface area contributed by atoms with E-state index in [-0.39, 0.29) is 12.2 Å². The highest BCUT2D eigenvalue weighted by atomic mass is 28.4.